The lowest BCUT2D eigenvalue weighted by Gasteiger charge is -2.08. The quantitative estimate of drug-likeness (QED) is 0.901. The van der Waals surface area contributed by atoms with Crippen molar-refractivity contribution in [3.8, 4) is 5.75 Å². The zero-order valence-corrected chi connectivity index (χ0v) is 10.9. The van der Waals surface area contributed by atoms with E-state index in [9.17, 15) is 0 Å². The molecule has 1 heterocycles. The van der Waals surface area contributed by atoms with Gasteiger partial charge in [0.2, 0.25) is 0 Å². The summed E-state index contributed by atoms with van der Waals surface area (Å²) in [6.07, 6.45) is 0. The number of aromatic nitrogens is 1. The molecule has 2 rings (SSSR count). The highest BCUT2D eigenvalue weighted by Gasteiger charge is 2.09. The molecule has 96 valence electrons. The van der Waals surface area contributed by atoms with E-state index in [-0.39, 0.29) is 6.04 Å². The maximum atomic E-state index is 5.79. The lowest BCUT2D eigenvalue weighted by molar-refractivity contribution is 0.301. The Morgan fingerprint density at radius 1 is 1.28 bits per heavy atom. The van der Waals surface area contributed by atoms with Crippen molar-refractivity contribution in [1.82, 2.24) is 5.16 Å². The number of hydrogen-bond acceptors (Lipinski definition) is 4. The minimum absolute atomic E-state index is 0.0432. The summed E-state index contributed by atoms with van der Waals surface area (Å²) in [5.74, 6) is 1.62. The molecule has 1 atom stereocenters. The van der Waals surface area contributed by atoms with E-state index in [2.05, 4.69) is 5.16 Å². The first-order valence-electron chi connectivity index (χ1n) is 5.98. The van der Waals surface area contributed by atoms with Gasteiger partial charge in [0.15, 0.2) is 0 Å². The molecule has 0 radical (unpaired) electrons. The summed E-state index contributed by atoms with van der Waals surface area (Å²) in [7, 11) is 0. The van der Waals surface area contributed by atoms with E-state index in [1.165, 1.54) is 0 Å². The first kappa shape index (κ1) is 12.6. The van der Waals surface area contributed by atoms with E-state index in [1.807, 2.05) is 45.0 Å². The first-order chi connectivity index (χ1) is 8.58. The van der Waals surface area contributed by atoms with E-state index in [4.69, 9.17) is 15.0 Å². The van der Waals surface area contributed by atoms with Gasteiger partial charge in [-0.2, -0.15) is 0 Å². The Labute approximate surface area is 107 Å². The van der Waals surface area contributed by atoms with Crippen LogP contribution in [0.3, 0.4) is 0 Å². The van der Waals surface area contributed by atoms with Gasteiger partial charge in [0.25, 0.3) is 0 Å². The number of benzene rings is 1. The fourth-order valence-electron chi connectivity index (χ4n) is 1.73. The Hall–Kier alpha value is -1.81. The fraction of sp³-hybridized carbons (Fsp3) is 0.357. The molecule has 18 heavy (non-hydrogen) atoms. The number of nitrogens with two attached hydrogens (primary N) is 1. The minimum atomic E-state index is 0.0432. The van der Waals surface area contributed by atoms with Gasteiger partial charge in [-0.3, -0.25) is 0 Å². The predicted molar refractivity (Wildman–Crippen MR) is 69.4 cm³/mol. The summed E-state index contributed by atoms with van der Waals surface area (Å²) in [5, 5.41) is 3.89. The van der Waals surface area contributed by atoms with Gasteiger partial charge in [0.1, 0.15) is 18.1 Å². The van der Waals surface area contributed by atoms with Crippen molar-refractivity contribution >= 4 is 0 Å². The van der Waals surface area contributed by atoms with Crippen molar-refractivity contribution in [2.45, 2.75) is 33.4 Å². The lowest BCUT2D eigenvalue weighted by atomic mass is 10.1. The molecule has 0 unspecified atom stereocenters. The normalized spacial score (nSPS) is 12.4. The van der Waals surface area contributed by atoms with Gasteiger partial charge in [0.05, 0.1) is 11.3 Å². The van der Waals surface area contributed by atoms with Crippen LogP contribution in [0, 0.1) is 13.8 Å². The van der Waals surface area contributed by atoms with Gasteiger partial charge < -0.3 is 15.0 Å². The predicted octanol–water partition coefficient (Wildman–Crippen LogP) is 2.89. The SMILES string of the molecule is Cc1noc(C)c1COc1ccc([C@@H](C)N)cc1. The smallest absolute Gasteiger partial charge is 0.140 e. The molecule has 0 amide bonds. The first-order valence-corrected chi connectivity index (χ1v) is 5.98. The molecule has 0 bridgehead atoms. The van der Waals surface area contributed by atoms with Crippen LogP contribution in [0.25, 0.3) is 0 Å². The summed E-state index contributed by atoms with van der Waals surface area (Å²) in [6.45, 7) is 6.23. The van der Waals surface area contributed by atoms with Crippen LogP contribution in [-0.2, 0) is 6.61 Å². The van der Waals surface area contributed by atoms with Crippen molar-refractivity contribution < 1.29 is 9.26 Å². The van der Waals surface area contributed by atoms with Crippen molar-refractivity contribution in [3.05, 3.63) is 46.8 Å². The van der Waals surface area contributed by atoms with Crippen LogP contribution < -0.4 is 10.5 Å². The highest BCUT2D eigenvalue weighted by molar-refractivity contribution is 5.29. The average Bonchev–Trinajstić information content (AvgIpc) is 2.67. The Bertz CT molecular complexity index is 496. The second-order valence-electron chi connectivity index (χ2n) is 4.45. The highest BCUT2D eigenvalue weighted by Crippen LogP contribution is 2.19. The second-order valence-corrected chi connectivity index (χ2v) is 4.45. The molecule has 0 saturated heterocycles. The van der Waals surface area contributed by atoms with Crippen LogP contribution in [-0.4, -0.2) is 5.16 Å². The summed E-state index contributed by atoms with van der Waals surface area (Å²) in [6, 6.07) is 7.86. The van der Waals surface area contributed by atoms with Crippen molar-refractivity contribution in [3.63, 3.8) is 0 Å². The topological polar surface area (TPSA) is 61.3 Å². The van der Waals surface area contributed by atoms with Crippen LogP contribution in [0.2, 0.25) is 0 Å². The monoisotopic (exact) mass is 246 g/mol. The molecule has 0 spiro atoms. The summed E-state index contributed by atoms with van der Waals surface area (Å²) < 4.78 is 10.8. The molecule has 1 aromatic heterocycles. The Balaban J connectivity index is 2.02. The molecule has 4 nitrogen and oxygen atoms in total. The van der Waals surface area contributed by atoms with Gasteiger partial charge >= 0.3 is 0 Å². The van der Waals surface area contributed by atoms with E-state index in [0.717, 1.165) is 28.3 Å². The van der Waals surface area contributed by atoms with Gasteiger partial charge in [-0.1, -0.05) is 17.3 Å². The van der Waals surface area contributed by atoms with Crippen LogP contribution in [0.15, 0.2) is 28.8 Å². The van der Waals surface area contributed by atoms with E-state index >= 15 is 0 Å². The Kier molecular flexibility index (Phi) is 3.67. The average molecular weight is 246 g/mol. The Morgan fingerprint density at radius 2 is 1.94 bits per heavy atom. The van der Waals surface area contributed by atoms with Crippen LogP contribution >= 0.6 is 0 Å². The number of nitrogens with zero attached hydrogens (tertiary/aromatic N) is 1. The molecule has 4 heteroatoms. The molecule has 2 aromatic rings. The molecule has 0 aliphatic carbocycles. The van der Waals surface area contributed by atoms with Crippen LogP contribution in [0.4, 0.5) is 0 Å². The van der Waals surface area contributed by atoms with Gasteiger partial charge in [-0.05, 0) is 38.5 Å². The van der Waals surface area contributed by atoms with Gasteiger partial charge in [-0.25, -0.2) is 0 Å². The third kappa shape index (κ3) is 2.71. The zero-order chi connectivity index (χ0) is 13.1. The third-order valence-corrected chi connectivity index (χ3v) is 2.97. The summed E-state index contributed by atoms with van der Waals surface area (Å²) in [5.41, 5.74) is 8.77. The fourth-order valence-corrected chi connectivity index (χ4v) is 1.73. The highest BCUT2D eigenvalue weighted by atomic mass is 16.5. The molecule has 2 N–H and O–H groups in total. The zero-order valence-electron chi connectivity index (χ0n) is 10.9. The summed E-state index contributed by atoms with van der Waals surface area (Å²) in [4.78, 5) is 0. The van der Waals surface area contributed by atoms with E-state index in [1.54, 1.807) is 0 Å². The molecular formula is C14H18N2O2. The minimum Gasteiger partial charge on any atom is -0.489 e. The van der Waals surface area contributed by atoms with Crippen LogP contribution in [0.1, 0.15) is 35.5 Å². The molecule has 1 aromatic carbocycles. The molecule has 0 aliphatic heterocycles. The number of ether oxygens (including phenoxy) is 1. The number of aryl methyl sites for hydroxylation is 2. The maximum Gasteiger partial charge on any atom is 0.140 e. The molecule has 0 fully saturated rings. The third-order valence-electron chi connectivity index (χ3n) is 2.97. The van der Waals surface area contributed by atoms with Crippen molar-refractivity contribution in [2.75, 3.05) is 0 Å². The van der Waals surface area contributed by atoms with E-state index in [0.29, 0.717) is 6.61 Å². The maximum absolute atomic E-state index is 5.79. The second kappa shape index (κ2) is 5.23. The number of rotatable bonds is 4. The van der Waals surface area contributed by atoms with Crippen molar-refractivity contribution in [2.24, 2.45) is 5.73 Å². The lowest BCUT2D eigenvalue weighted by Crippen LogP contribution is -2.04. The van der Waals surface area contributed by atoms with Gasteiger partial charge in [-0.15, -0.1) is 0 Å². The molecular weight excluding hydrogens is 228 g/mol. The standard InChI is InChI=1S/C14H18N2O2/c1-9(15)12-4-6-13(7-5-12)17-8-14-10(2)16-18-11(14)3/h4-7,9H,8,15H2,1-3H3/t9-/m1/s1. The molecule has 0 saturated carbocycles. The molecule has 0 aliphatic rings. The van der Waals surface area contributed by atoms with Crippen molar-refractivity contribution in [1.29, 1.82) is 0 Å². The Morgan fingerprint density at radius 3 is 2.44 bits per heavy atom. The van der Waals surface area contributed by atoms with Gasteiger partial charge in [0, 0.05) is 6.04 Å². The summed E-state index contributed by atoms with van der Waals surface area (Å²) >= 11 is 0. The van der Waals surface area contributed by atoms with Crippen LogP contribution in [0.5, 0.6) is 5.75 Å². The number of hydrogen-bond donors (Lipinski definition) is 1. The largest absolute Gasteiger partial charge is 0.489 e. The van der Waals surface area contributed by atoms with E-state index < -0.39 is 0 Å².